The summed E-state index contributed by atoms with van der Waals surface area (Å²) in [7, 11) is 1.77. The average molecular weight is 333 g/mol. The van der Waals surface area contributed by atoms with Crippen LogP contribution in [0.5, 0.6) is 5.75 Å². The molecule has 0 aliphatic carbocycles. The van der Waals surface area contributed by atoms with E-state index in [-0.39, 0.29) is 0 Å². The summed E-state index contributed by atoms with van der Waals surface area (Å²) in [5.74, 6) is 2.22. The fourth-order valence-electron chi connectivity index (χ4n) is 2.04. The number of para-hydroxylation sites is 1. The maximum Gasteiger partial charge on any atom is 0.191 e. The van der Waals surface area contributed by atoms with Crippen molar-refractivity contribution in [2.75, 3.05) is 33.4 Å². The second kappa shape index (κ2) is 12.4. The zero-order valence-corrected chi connectivity index (χ0v) is 15.2. The van der Waals surface area contributed by atoms with Gasteiger partial charge in [-0.1, -0.05) is 44.7 Å². The molecule has 5 heteroatoms. The van der Waals surface area contributed by atoms with Gasteiger partial charge in [-0.15, -0.1) is 0 Å². The fraction of sp³-hybridized carbons (Fsp3) is 0.526. The van der Waals surface area contributed by atoms with Gasteiger partial charge < -0.3 is 20.1 Å². The first kappa shape index (κ1) is 20.0. The van der Waals surface area contributed by atoms with Crippen LogP contribution >= 0.6 is 0 Å². The number of nitrogens with zero attached hydrogens (tertiary/aromatic N) is 1. The first-order chi connectivity index (χ1) is 11.7. The zero-order valence-electron chi connectivity index (χ0n) is 15.2. The molecule has 0 heterocycles. The number of benzene rings is 1. The summed E-state index contributed by atoms with van der Waals surface area (Å²) in [6.07, 6.45) is 2.69. The molecule has 0 aliphatic rings. The second-order valence-corrected chi connectivity index (χ2v) is 5.88. The Kier molecular flexibility index (Phi) is 10.4. The SMILES string of the molecule is C=CCOc1ccccc1CNC(=NC)NCCCOCC(C)C. The van der Waals surface area contributed by atoms with Crippen LogP contribution in [-0.4, -0.2) is 39.4 Å². The lowest BCUT2D eigenvalue weighted by Crippen LogP contribution is -2.37. The minimum Gasteiger partial charge on any atom is -0.489 e. The molecule has 1 rings (SSSR count). The van der Waals surface area contributed by atoms with Gasteiger partial charge in [0.25, 0.3) is 0 Å². The molecule has 134 valence electrons. The minimum atomic E-state index is 0.500. The summed E-state index contributed by atoms with van der Waals surface area (Å²) in [5, 5.41) is 6.60. The molecule has 1 aromatic rings. The van der Waals surface area contributed by atoms with Gasteiger partial charge >= 0.3 is 0 Å². The van der Waals surface area contributed by atoms with E-state index in [2.05, 4.69) is 36.1 Å². The summed E-state index contributed by atoms with van der Waals surface area (Å²) in [5.41, 5.74) is 1.09. The van der Waals surface area contributed by atoms with E-state index in [0.717, 1.165) is 43.5 Å². The Bertz CT molecular complexity index is 501. The molecule has 2 N–H and O–H groups in total. The predicted molar refractivity (Wildman–Crippen MR) is 101 cm³/mol. The Labute approximate surface area is 146 Å². The normalized spacial score (nSPS) is 11.4. The highest BCUT2D eigenvalue weighted by molar-refractivity contribution is 5.79. The molecule has 0 aromatic heterocycles. The largest absolute Gasteiger partial charge is 0.489 e. The van der Waals surface area contributed by atoms with Gasteiger partial charge in [0.1, 0.15) is 12.4 Å². The third-order valence-electron chi connectivity index (χ3n) is 3.21. The standard InChI is InChI=1S/C19H31N3O2/c1-5-12-24-18-10-7-6-9-17(18)14-22-19(20-4)21-11-8-13-23-15-16(2)3/h5-7,9-10,16H,1,8,11-15H2,2-4H3,(H2,20,21,22). The summed E-state index contributed by atoms with van der Waals surface area (Å²) < 4.78 is 11.2. The Hall–Kier alpha value is -2.01. The van der Waals surface area contributed by atoms with E-state index in [4.69, 9.17) is 9.47 Å². The monoisotopic (exact) mass is 333 g/mol. The Balaban J connectivity index is 2.32. The lowest BCUT2D eigenvalue weighted by atomic mass is 10.2. The van der Waals surface area contributed by atoms with Crippen LogP contribution in [0.1, 0.15) is 25.8 Å². The molecule has 0 aliphatic heterocycles. The van der Waals surface area contributed by atoms with Crippen molar-refractivity contribution in [3.05, 3.63) is 42.5 Å². The van der Waals surface area contributed by atoms with Gasteiger partial charge in [0, 0.05) is 38.9 Å². The van der Waals surface area contributed by atoms with Crippen LogP contribution in [0.3, 0.4) is 0 Å². The van der Waals surface area contributed by atoms with Crippen LogP contribution in [0.4, 0.5) is 0 Å². The summed E-state index contributed by atoms with van der Waals surface area (Å²) >= 11 is 0. The second-order valence-electron chi connectivity index (χ2n) is 5.88. The van der Waals surface area contributed by atoms with E-state index in [1.165, 1.54) is 0 Å². The molecule has 0 unspecified atom stereocenters. The Morgan fingerprint density at radius 1 is 1.29 bits per heavy atom. The predicted octanol–water partition coefficient (Wildman–Crippen LogP) is 2.98. The van der Waals surface area contributed by atoms with E-state index in [9.17, 15) is 0 Å². The molecule has 5 nitrogen and oxygen atoms in total. The minimum absolute atomic E-state index is 0.500. The van der Waals surface area contributed by atoms with Gasteiger partial charge in [-0.3, -0.25) is 4.99 Å². The molecule has 0 bridgehead atoms. The molecule has 0 saturated carbocycles. The van der Waals surface area contributed by atoms with Gasteiger partial charge in [-0.25, -0.2) is 0 Å². The van der Waals surface area contributed by atoms with Crippen LogP contribution in [0.15, 0.2) is 41.9 Å². The Morgan fingerprint density at radius 3 is 2.79 bits per heavy atom. The number of rotatable bonds is 11. The number of aliphatic imine (C=N–C) groups is 1. The highest BCUT2D eigenvalue weighted by atomic mass is 16.5. The zero-order chi connectivity index (χ0) is 17.6. The lowest BCUT2D eigenvalue weighted by Gasteiger charge is -2.14. The van der Waals surface area contributed by atoms with Crippen LogP contribution in [0, 0.1) is 5.92 Å². The van der Waals surface area contributed by atoms with Crippen molar-refractivity contribution >= 4 is 5.96 Å². The van der Waals surface area contributed by atoms with Gasteiger partial charge in [0.2, 0.25) is 0 Å². The van der Waals surface area contributed by atoms with Crippen molar-refractivity contribution in [2.45, 2.75) is 26.8 Å². The number of ether oxygens (including phenoxy) is 2. The summed E-state index contributed by atoms with van der Waals surface area (Å²) in [6.45, 7) is 11.5. The molecule has 0 saturated heterocycles. The van der Waals surface area contributed by atoms with Crippen molar-refractivity contribution in [3.8, 4) is 5.75 Å². The van der Waals surface area contributed by atoms with Crippen molar-refractivity contribution in [3.63, 3.8) is 0 Å². The van der Waals surface area contributed by atoms with E-state index >= 15 is 0 Å². The van der Waals surface area contributed by atoms with Crippen molar-refractivity contribution in [1.82, 2.24) is 10.6 Å². The van der Waals surface area contributed by atoms with Crippen molar-refractivity contribution < 1.29 is 9.47 Å². The van der Waals surface area contributed by atoms with Crippen LogP contribution < -0.4 is 15.4 Å². The van der Waals surface area contributed by atoms with E-state index in [1.807, 2.05) is 24.3 Å². The fourth-order valence-corrected chi connectivity index (χ4v) is 2.04. The molecule has 0 fully saturated rings. The van der Waals surface area contributed by atoms with Gasteiger partial charge in [0.05, 0.1) is 0 Å². The molecular weight excluding hydrogens is 302 g/mol. The topological polar surface area (TPSA) is 54.9 Å². The maximum absolute atomic E-state index is 5.66. The lowest BCUT2D eigenvalue weighted by molar-refractivity contribution is 0.108. The number of guanidine groups is 1. The van der Waals surface area contributed by atoms with Gasteiger partial charge in [0.15, 0.2) is 5.96 Å². The van der Waals surface area contributed by atoms with Gasteiger partial charge in [-0.2, -0.15) is 0 Å². The highest BCUT2D eigenvalue weighted by Crippen LogP contribution is 2.17. The number of nitrogens with one attached hydrogen (secondary N) is 2. The molecule has 0 atom stereocenters. The van der Waals surface area contributed by atoms with Crippen molar-refractivity contribution in [1.29, 1.82) is 0 Å². The number of hydrogen-bond acceptors (Lipinski definition) is 3. The van der Waals surface area contributed by atoms with E-state index in [1.54, 1.807) is 13.1 Å². The average Bonchev–Trinajstić information content (AvgIpc) is 2.59. The van der Waals surface area contributed by atoms with Gasteiger partial charge in [-0.05, 0) is 18.4 Å². The number of hydrogen-bond donors (Lipinski definition) is 2. The van der Waals surface area contributed by atoms with Crippen LogP contribution in [0.2, 0.25) is 0 Å². The third kappa shape index (κ3) is 8.58. The maximum atomic E-state index is 5.66. The van der Waals surface area contributed by atoms with Crippen molar-refractivity contribution in [2.24, 2.45) is 10.9 Å². The molecule has 1 aromatic carbocycles. The quantitative estimate of drug-likeness (QED) is 0.283. The molecule has 0 radical (unpaired) electrons. The molecule has 0 spiro atoms. The Morgan fingerprint density at radius 2 is 2.08 bits per heavy atom. The smallest absolute Gasteiger partial charge is 0.191 e. The molecule has 24 heavy (non-hydrogen) atoms. The summed E-state index contributed by atoms with van der Waals surface area (Å²) in [6, 6.07) is 7.97. The van der Waals surface area contributed by atoms with E-state index < -0.39 is 0 Å². The van der Waals surface area contributed by atoms with E-state index in [0.29, 0.717) is 19.1 Å². The first-order valence-corrected chi connectivity index (χ1v) is 8.51. The van der Waals surface area contributed by atoms with Crippen LogP contribution in [0.25, 0.3) is 0 Å². The molecule has 0 amide bonds. The first-order valence-electron chi connectivity index (χ1n) is 8.51. The highest BCUT2D eigenvalue weighted by Gasteiger charge is 2.04. The third-order valence-corrected chi connectivity index (χ3v) is 3.21. The molecular formula is C19H31N3O2. The summed E-state index contributed by atoms with van der Waals surface area (Å²) in [4.78, 5) is 4.24. The van der Waals surface area contributed by atoms with Crippen LogP contribution in [-0.2, 0) is 11.3 Å².